The van der Waals surface area contributed by atoms with Gasteiger partial charge >= 0.3 is 0 Å². The third kappa shape index (κ3) is 4.41. The van der Waals surface area contributed by atoms with Gasteiger partial charge < -0.3 is 15.5 Å². The molecule has 0 saturated carbocycles. The Bertz CT molecular complexity index is 318. The average Bonchev–Trinajstić information content (AvgIpc) is 2.45. The number of nitrogens with zero attached hydrogens (tertiary/aromatic N) is 2. The highest BCUT2D eigenvalue weighted by Crippen LogP contribution is 2.05. The van der Waals surface area contributed by atoms with Gasteiger partial charge in [-0.2, -0.15) is 0 Å². The summed E-state index contributed by atoms with van der Waals surface area (Å²) in [5, 5.41) is 0. The number of benzene rings is 1. The maximum atomic E-state index is 5.55. The molecule has 1 fully saturated rings. The monoisotopic (exact) mass is 247 g/mol. The summed E-state index contributed by atoms with van der Waals surface area (Å²) in [6.07, 6.45) is 2.30. The van der Waals surface area contributed by atoms with Crippen LogP contribution in [0.4, 0.5) is 0 Å². The van der Waals surface area contributed by atoms with Crippen LogP contribution in [0.1, 0.15) is 12.0 Å². The predicted molar refractivity (Wildman–Crippen MR) is 76.7 cm³/mol. The maximum Gasteiger partial charge on any atom is 0.0110 e. The van der Waals surface area contributed by atoms with Crippen molar-refractivity contribution in [2.24, 2.45) is 5.73 Å². The minimum absolute atomic E-state index is 0.814. The quantitative estimate of drug-likeness (QED) is 0.820. The molecule has 0 spiro atoms. The number of hydrogen-bond donors (Lipinski definition) is 1. The molecule has 1 aromatic carbocycles. The Morgan fingerprint density at radius 1 is 0.889 bits per heavy atom. The second-order valence-corrected chi connectivity index (χ2v) is 5.06. The maximum absolute atomic E-state index is 5.55. The first-order chi connectivity index (χ1) is 8.88. The normalized spacial score (nSPS) is 18.1. The van der Waals surface area contributed by atoms with Gasteiger partial charge in [-0.1, -0.05) is 30.3 Å². The van der Waals surface area contributed by atoms with E-state index in [4.69, 9.17) is 5.73 Å². The fraction of sp³-hybridized carbons (Fsp3) is 0.600. The summed E-state index contributed by atoms with van der Waals surface area (Å²) in [5.41, 5.74) is 7.00. The van der Waals surface area contributed by atoms with Crippen LogP contribution >= 0.6 is 0 Å². The molecule has 2 N–H and O–H groups in total. The number of piperazine rings is 1. The smallest absolute Gasteiger partial charge is 0.0110 e. The van der Waals surface area contributed by atoms with Crippen LogP contribution in [0.3, 0.4) is 0 Å². The highest BCUT2D eigenvalue weighted by molar-refractivity contribution is 5.14. The van der Waals surface area contributed by atoms with Gasteiger partial charge in [0.25, 0.3) is 0 Å². The molecule has 1 saturated heterocycles. The molecule has 1 heterocycles. The Kier molecular flexibility index (Phi) is 5.65. The third-order valence-electron chi connectivity index (χ3n) is 3.70. The molecule has 18 heavy (non-hydrogen) atoms. The van der Waals surface area contributed by atoms with Crippen molar-refractivity contribution in [1.29, 1.82) is 0 Å². The predicted octanol–water partition coefficient (Wildman–Crippen LogP) is 1.20. The highest BCUT2D eigenvalue weighted by atomic mass is 15.3. The molecule has 0 aliphatic carbocycles. The van der Waals surface area contributed by atoms with Gasteiger partial charge in [-0.15, -0.1) is 0 Å². The minimum Gasteiger partial charge on any atom is -0.330 e. The van der Waals surface area contributed by atoms with Gasteiger partial charge in [0, 0.05) is 32.7 Å². The Morgan fingerprint density at radius 2 is 1.50 bits per heavy atom. The van der Waals surface area contributed by atoms with Crippen molar-refractivity contribution >= 4 is 0 Å². The molecular formula is C15H25N3. The lowest BCUT2D eigenvalue weighted by Gasteiger charge is -2.34. The highest BCUT2D eigenvalue weighted by Gasteiger charge is 2.15. The fourth-order valence-corrected chi connectivity index (χ4v) is 2.48. The summed E-state index contributed by atoms with van der Waals surface area (Å²) < 4.78 is 0. The van der Waals surface area contributed by atoms with Crippen LogP contribution in [0.15, 0.2) is 30.3 Å². The van der Waals surface area contributed by atoms with E-state index in [9.17, 15) is 0 Å². The zero-order valence-electron chi connectivity index (χ0n) is 11.2. The van der Waals surface area contributed by atoms with Crippen molar-refractivity contribution in [3.63, 3.8) is 0 Å². The largest absolute Gasteiger partial charge is 0.330 e. The van der Waals surface area contributed by atoms with E-state index in [1.807, 2.05) is 0 Å². The molecule has 3 nitrogen and oxygen atoms in total. The SMILES string of the molecule is NCCCN1CCN(CCc2ccccc2)CC1. The second kappa shape index (κ2) is 7.52. The average molecular weight is 247 g/mol. The van der Waals surface area contributed by atoms with Crippen LogP contribution in [0.25, 0.3) is 0 Å². The fourth-order valence-electron chi connectivity index (χ4n) is 2.48. The summed E-state index contributed by atoms with van der Waals surface area (Å²) >= 11 is 0. The molecule has 1 aromatic rings. The molecule has 0 unspecified atom stereocenters. The van der Waals surface area contributed by atoms with E-state index in [2.05, 4.69) is 40.1 Å². The van der Waals surface area contributed by atoms with Crippen LogP contribution in [0, 0.1) is 0 Å². The van der Waals surface area contributed by atoms with Crippen molar-refractivity contribution in [3.8, 4) is 0 Å². The summed E-state index contributed by atoms with van der Waals surface area (Å²) in [6, 6.07) is 10.8. The zero-order valence-corrected chi connectivity index (χ0v) is 11.2. The number of hydrogen-bond acceptors (Lipinski definition) is 3. The van der Waals surface area contributed by atoms with E-state index < -0.39 is 0 Å². The molecule has 0 atom stereocenters. The van der Waals surface area contributed by atoms with Crippen molar-refractivity contribution in [3.05, 3.63) is 35.9 Å². The van der Waals surface area contributed by atoms with E-state index >= 15 is 0 Å². The van der Waals surface area contributed by atoms with Gasteiger partial charge in [0.2, 0.25) is 0 Å². The van der Waals surface area contributed by atoms with E-state index in [1.165, 1.54) is 51.3 Å². The van der Waals surface area contributed by atoms with Crippen LogP contribution in [-0.4, -0.2) is 55.6 Å². The van der Waals surface area contributed by atoms with Gasteiger partial charge in [-0.25, -0.2) is 0 Å². The Labute approximate surface area is 111 Å². The summed E-state index contributed by atoms with van der Waals surface area (Å²) in [4.78, 5) is 5.11. The molecular weight excluding hydrogens is 222 g/mol. The van der Waals surface area contributed by atoms with E-state index in [0.29, 0.717) is 0 Å². The van der Waals surface area contributed by atoms with Gasteiger partial charge in [0.05, 0.1) is 0 Å². The molecule has 0 bridgehead atoms. The van der Waals surface area contributed by atoms with Crippen LogP contribution < -0.4 is 5.73 Å². The standard InChI is InChI=1S/C15H25N3/c16-8-4-9-17-11-13-18(14-12-17)10-7-15-5-2-1-3-6-15/h1-3,5-6H,4,7-14,16H2. The first-order valence-electron chi connectivity index (χ1n) is 7.07. The Morgan fingerprint density at radius 3 is 2.11 bits per heavy atom. The third-order valence-corrected chi connectivity index (χ3v) is 3.70. The Hall–Kier alpha value is -0.900. The summed E-state index contributed by atoms with van der Waals surface area (Å²) in [6.45, 7) is 7.99. The van der Waals surface area contributed by atoms with E-state index in [0.717, 1.165) is 13.0 Å². The first-order valence-corrected chi connectivity index (χ1v) is 7.07. The second-order valence-electron chi connectivity index (χ2n) is 5.06. The molecule has 3 heteroatoms. The zero-order chi connectivity index (χ0) is 12.6. The minimum atomic E-state index is 0.814. The Balaban J connectivity index is 1.65. The van der Waals surface area contributed by atoms with Crippen molar-refractivity contribution in [2.45, 2.75) is 12.8 Å². The summed E-state index contributed by atoms with van der Waals surface area (Å²) in [5.74, 6) is 0. The summed E-state index contributed by atoms with van der Waals surface area (Å²) in [7, 11) is 0. The molecule has 2 rings (SSSR count). The van der Waals surface area contributed by atoms with Crippen molar-refractivity contribution in [1.82, 2.24) is 9.80 Å². The molecule has 0 radical (unpaired) electrons. The molecule has 1 aliphatic rings. The molecule has 0 aromatic heterocycles. The number of rotatable bonds is 6. The van der Waals surface area contributed by atoms with Crippen LogP contribution in [-0.2, 0) is 6.42 Å². The lowest BCUT2D eigenvalue weighted by atomic mass is 10.1. The van der Waals surface area contributed by atoms with Crippen LogP contribution in [0.5, 0.6) is 0 Å². The van der Waals surface area contributed by atoms with E-state index in [1.54, 1.807) is 0 Å². The van der Waals surface area contributed by atoms with Gasteiger partial charge in [0.1, 0.15) is 0 Å². The molecule has 100 valence electrons. The van der Waals surface area contributed by atoms with Gasteiger partial charge in [-0.3, -0.25) is 0 Å². The lowest BCUT2D eigenvalue weighted by Crippen LogP contribution is -2.47. The van der Waals surface area contributed by atoms with E-state index in [-0.39, 0.29) is 0 Å². The van der Waals surface area contributed by atoms with Gasteiger partial charge in [0.15, 0.2) is 0 Å². The first kappa shape index (κ1) is 13.5. The van der Waals surface area contributed by atoms with Gasteiger partial charge in [-0.05, 0) is 31.5 Å². The number of nitrogens with two attached hydrogens (primary N) is 1. The molecule has 0 amide bonds. The van der Waals surface area contributed by atoms with Crippen molar-refractivity contribution < 1.29 is 0 Å². The van der Waals surface area contributed by atoms with Crippen molar-refractivity contribution in [2.75, 3.05) is 45.8 Å². The topological polar surface area (TPSA) is 32.5 Å². The van der Waals surface area contributed by atoms with Crippen LogP contribution in [0.2, 0.25) is 0 Å². The molecule has 1 aliphatic heterocycles. The lowest BCUT2D eigenvalue weighted by molar-refractivity contribution is 0.133.